The fourth-order valence-corrected chi connectivity index (χ4v) is 1.45. The number of hydrogen-bond donors (Lipinski definition) is 1. The summed E-state index contributed by atoms with van der Waals surface area (Å²) < 4.78 is 10.8. The molecule has 0 saturated carbocycles. The van der Waals surface area contributed by atoms with Crippen LogP contribution in [-0.2, 0) is 11.3 Å². The SMILES string of the molecule is COc1cccc(COCCNC(C)(C)C)c1. The molecule has 0 atom stereocenters. The highest BCUT2D eigenvalue weighted by atomic mass is 16.5. The Morgan fingerprint density at radius 1 is 1.24 bits per heavy atom. The number of methoxy groups -OCH3 is 1. The van der Waals surface area contributed by atoms with Crippen LogP contribution in [-0.4, -0.2) is 25.8 Å². The van der Waals surface area contributed by atoms with Gasteiger partial charge in [0.2, 0.25) is 0 Å². The summed E-state index contributed by atoms with van der Waals surface area (Å²) in [7, 11) is 1.67. The van der Waals surface area contributed by atoms with E-state index < -0.39 is 0 Å². The highest BCUT2D eigenvalue weighted by Crippen LogP contribution is 2.13. The highest BCUT2D eigenvalue weighted by Gasteiger charge is 2.07. The molecule has 0 amide bonds. The molecule has 3 heteroatoms. The van der Waals surface area contributed by atoms with Gasteiger partial charge >= 0.3 is 0 Å². The van der Waals surface area contributed by atoms with Crippen LogP contribution in [0.25, 0.3) is 0 Å². The van der Waals surface area contributed by atoms with Crippen molar-refractivity contribution >= 4 is 0 Å². The van der Waals surface area contributed by atoms with Crippen LogP contribution >= 0.6 is 0 Å². The van der Waals surface area contributed by atoms with Crippen molar-refractivity contribution in [2.24, 2.45) is 0 Å². The van der Waals surface area contributed by atoms with E-state index in [4.69, 9.17) is 9.47 Å². The number of benzene rings is 1. The van der Waals surface area contributed by atoms with Crippen LogP contribution in [0.1, 0.15) is 26.3 Å². The quantitative estimate of drug-likeness (QED) is 0.771. The average molecular weight is 237 g/mol. The van der Waals surface area contributed by atoms with Crippen molar-refractivity contribution in [3.05, 3.63) is 29.8 Å². The van der Waals surface area contributed by atoms with Crippen LogP contribution in [0.4, 0.5) is 0 Å². The Morgan fingerprint density at radius 3 is 2.65 bits per heavy atom. The molecular formula is C14H23NO2. The van der Waals surface area contributed by atoms with E-state index in [-0.39, 0.29) is 5.54 Å². The molecule has 96 valence electrons. The summed E-state index contributed by atoms with van der Waals surface area (Å²) in [6.45, 7) is 8.66. The largest absolute Gasteiger partial charge is 0.497 e. The van der Waals surface area contributed by atoms with E-state index in [1.165, 1.54) is 0 Å². The summed E-state index contributed by atoms with van der Waals surface area (Å²) in [6.07, 6.45) is 0. The summed E-state index contributed by atoms with van der Waals surface area (Å²) in [4.78, 5) is 0. The van der Waals surface area contributed by atoms with Crippen molar-refractivity contribution in [3.8, 4) is 5.75 Å². The highest BCUT2D eigenvalue weighted by molar-refractivity contribution is 5.27. The van der Waals surface area contributed by atoms with Gasteiger partial charge < -0.3 is 14.8 Å². The predicted octanol–water partition coefficient (Wildman–Crippen LogP) is 2.60. The lowest BCUT2D eigenvalue weighted by Crippen LogP contribution is -2.37. The average Bonchev–Trinajstić information content (AvgIpc) is 2.27. The van der Waals surface area contributed by atoms with Gasteiger partial charge in [0.05, 0.1) is 20.3 Å². The van der Waals surface area contributed by atoms with Gasteiger partial charge in [0.1, 0.15) is 5.75 Å². The summed E-state index contributed by atoms with van der Waals surface area (Å²) in [5.41, 5.74) is 1.29. The maximum absolute atomic E-state index is 5.60. The fraction of sp³-hybridized carbons (Fsp3) is 0.571. The maximum Gasteiger partial charge on any atom is 0.119 e. The lowest BCUT2D eigenvalue weighted by molar-refractivity contribution is 0.118. The molecule has 0 aliphatic heterocycles. The minimum Gasteiger partial charge on any atom is -0.497 e. The van der Waals surface area contributed by atoms with E-state index in [0.717, 1.165) is 17.9 Å². The Balaban J connectivity index is 2.22. The molecule has 1 aromatic rings. The van der Waals surface area contributed by atoms with Crippen molar-refractivity contribution in [1.29, 1.82) is 0 Å². The molecule has 0 aliphatic carbocycles. The molecule has 0 aromatic heterocycles. The van der Waals surface area contributed by atoms with Gasteiger partial charge in [-0.1, -0.05) is 12.1 Å². The van der Waals surface area contributed by atoms with Gasteiger partial charge in [0.15, 0.2) is 0 Å². The number of hydrogen-bond acceptors (Lipinski definition) is 3. The topological polar surface area (TPSA) is 30.5 Å². The molecule has 3 nitrogen and oxygen atoms in total. The molecule has 0 saturated heterocycles. The normalized spacial score (nSPS) is 11.5. The Morgan fingerprint density at radius 2 is 2.00 bits per heavy atom. The summed E-state index contributed by atoms with van der Waals surface area (Å²) in [5.74, 6) is 0.874. The lowest BCUT2D eigenvalue weighted by atomic mass is 10.1. The van der Waals surface area contributed by atoms with E-state index >= 15 is 0 Å². The third-order valence-electron chi connectivity index (χ3n) is 2.30. The smallest absolute Gasteiger partial charge is 0.119 e. The zero-order valence-electron chi connectivity index (χ0n) is 11.2. The maximum atomic E-state index is 5.60. The summed E-state index contributed by atoms with van der Waals surface area (Å²) >= 11 is 0. The molecule has 1 rings (SSSR count). The van der Waals surface area contributed by atoms with Crippen LogP contribution in [0.3, 0.4) is 0 Å². The Bertz CT molecular complexity index is 331. The van der Waals surface area contributed by atoms with Gasteiger partial charge in [-0.25, -0.2) is 0 Å². The lowest BCUT2D eigenvalue weighted by Gasteiger charge is -2.20. The molecule has 0 unspecified atom stereocenters. The van der Waals surface area contributed by atoms with E-state index in [0.29, 0.717) is 13.2 Å². The van der Waals surface area contributed by atoms with E-state index in [1.54, 1.807) is 7.11 Å². The molecule has 0 spiro atoms. The third kappa shape index (κ3) is 6.29. The first-order chi connectivity index (χ1) is 8.01. The van der Waals surface area contributed by atoms with Crippen molar-refractivity contribution in [2.45, 2.75) is 32.9 Å². The zero-order chi connectivity index (χ0) is 12.7. The van der Waals surface area contributed by atoms with E-state index in [2.05, 4.69) is 26.1 Å². The first kappa shape index (κ1) is 14.0. The Labute approximate surface area is 104 Å². The van der Waals surface area contributed by atoms with Crippen molar-refractivity contribution in [1.82, 2.24) is 5.32 Å². The number of nitrogens with one attached hydrogen (secondary N) is 1. The molecule has 1 aromatic carbocycles. The Kier molecular flexibility index (Phi) is 5.45. The molecular weight excluding hydrogens is 214 g/mol. The van der Waals surface area contributed by atoms with Gasteiger partial charge in [-0.3, -0.25) is 0 Å². The molecule has 1 N–H and O–H groups in total. The van der Waals surface area contributed by atoms with Crippen LogP contribution < -0.4 is 10.1 Å². The van der Waals surface area contributed by atoms with Crippen LogP contribution in [0.15, 0.2) is 24.3 Å². The van der Waals surface area contributed by atoms with Gasteiger partial charge in [-0.15, -0.1) is 0 Å². The monoisotopic (exact) mass is 237 g/mol. The van der Waals surface area contributed by atoms with Crippen LogP contribution in [0.2, 0.25) is 0 Å². The molecule has 0 heterocycles. The number of ether oxygens (including phenoxy) is 2. The zero-order valence-corrected chi connectivity index (χ0v) is 11.2. The predicted molar refractivity (Wildman–Crippen MR) is 70.4 cm³/mol. The van der Waals surface area contributed by atoms with E-state index in [9.17, 15) is 0 Å². The molecule has 0 aliphatic rings. The van der Waals surface area contributed by atoms with Gasteiger partial charge in [-0.05, 0) is 38.5 Å². The van der Waals surface area contributed by atoms with Crippen molar-refractivity contribution < 1.29 is 9.47 Å². The second-order valence-corrected chi connectivity index (χ2v) is 5.08. The van der Waals surface area contributed by atoms with E-state index in [1.807, 2.05) is 24.3 Å². The Hall–Kier alpha value is -1.06. The van der Waals surface area contributed by atoms with Crippen molar-refractivity contribution in [2.75, 3.05) is 20.3 Å². The van der Waals surface area contributed by atoms with Gasteiger partial charge in [0, 0.05) is 12.1 Å². The number of rotatable bonds is 6. The summed E-state index contributed by atoms with van der Waals surface area (Å²) in [6, 6.07) is 7.95. The van der Waals surface area contributed by atoms with Gasteiger partial charge in [-0.2, -0.15) is 0 Å². The minimum absolute atomic E-state index is 0.152. The first-order valence-corrected chi connectivity index (χ1v) is 5.97. The van der Waals surface area contributed by atoms with Gasteiger partial charge in [0.25, 0.3) is 0 Å². The molecule has 0 fully saturated rings. The van der Waals surface area contributed by atoms with Crippen LogP contribution in [0.5, 0.6) is 5.75 Å². The standard InChI is InChI=1S/C14H23NO2/c1-14(2,3)15-8-9-17-11-12-6-5-7-13(10-12)16-4/h5-7,10,15H,8-9,11H2,1-4H3. The first-order valence-electron chi connectivity index (χ1n) is 5.97. The molecule has 17 heavy (non-hydrogen) atoms. The van der Waals surface area contributed by atoms with Crippen LogP contribution in [0, 0.1) is 0 Å². The third-order valence-corrected chi connectivity index (χ3v) is 2.30. The molecule has 0 bridgehead atoms. The molecule has 0 radical (unpaired) electrons. The second kappa shape index (κ2) is 6.62. The minimum atomic E-state index is 0.152. The fourth-order valence-electron chi connectivity index (χ4n) is 1.45. The summed E-state index contributed by atoms with van der Waals surface area (Å²) in [5, 5.41) is 3.38. The second-order valence-electron chi connectivity index (χ2n) is 5.08. The van der Waals surface area contributed by atoms with Crippen molar-refractivity contribution in [3.63, 3.8) is 0 Å².